The van der Waals surface area contributed by atoms with Gasteiger partial charge in [-0.25, -0.2) is 4.98 Å². The van der Waals surface area contributed by atoms with Crippen molar-refractivity contribution in [2.24, 2.45) is 5.73 Å². The van der Waals surface area contributed by atoms with Gasteiger partial charge in [0.05, 0.1) is 35.4 Å². The first kappa shape index (κ1) is 18.1. The van der Waals surface area contributed by atoms with Crippen LogP contribution in [0.3, 0.4) is 0 Å². The van der Waals surface area contributed by atoms with Crippen molar-refractivity contribution in [1.29, 1.82) is 0 Å². The Hall–Kier alpha value is -2.73. The molecule has 0 radical (unpaired) electrons. The second kappa shape index (κ2) is 7.66. The molecule has 0 unspecified atom stereocenters. The average molecular weight is 368 g/mol. The maximum Gasteiger partial charge on any atom is 0.230 e. The van der Waals surface area contributed by atoms with Gasteiger partial charge in [0.15, 0.2) is 0 Å². The van der Waals surface area contributed by atoms with E-state index in [9.17, 15) is 4.79 Å². The molecule has 3 rings (SSSR count). The third kappa shape index (κ3) is 3.60. The van der Waals surface area contributed by atoms with Gasteiger partial charge in [-0.15, -0.1) is 0 Å². The van der Waals surface area contributed by atoms with Crippen LogP contribution in [0.25, 0.3) is 22.0 Å². The van der Waals surface area contributed by atoms with E-state index in [0.29, 0.717) is 11.5 Å². The lowest BCUT2D eigenvalue weighted by Crippen LogP contribution is -2.22. The molecule has 0 aliphatic rings. The van der Waals surface area contributed by atoms with Gasteiger partial charge in [-0.3, -0.25) is 4.79 Å². The number of nitrogens with zero attached hydrogens (tertiary/aromatic N) is 1. The number of carbonyl (C=O) groups excluding carboxylic acids is 1. The van der Waals surface area contributed by atoms with Gasteiger partial charge in [0.25, 0.3) is 0 Å². The average Bonchev–Trinajstić information content (AvgIpc) is 2.66. The molecule has 0 aliphatic carbocycles. The van der Waals surface area contributed by atoms with Crippen LogP contribution in [0.4, 0.5) is 0 Å². The number of rotatable bonds is 6. The van der Waals surface area contributed by atoms with Gasteiger partial charge in [-0.1, -0.05) is 42.1 Å². The highest BCUT2D eigenvalue weighted by Crippen LogP contribution is 2.39. The fourth-order valence-corrected chi connectivity index (χ4v) is 3.52. The van der Waals surface area contributed by atoms with Crippen LogP contribution in [0.1, 0.15) is 6.92 Å². The van der Waals surface area contributed by atoms with Gasteiger partial charge in [0.2, 0.25) is 5.91 Å². The number of carbonyl (C=O) groups is 1. The van der Waals surface area contributed by atoms with Crippen molar-refractivity contribution >= 4 is 28.6 Å². The molecule has 1 heterocycles. The third-order valence-electron chi connectivity index (χ3n) is 4.06. The summed E-state index contributed by atoms with van der Waals surface area (Å²) in [5, 5.41) is 1.24. The van der Waals surface area contributed by atoms with E-state index in [1.165, 1.54) is 11.8 Å². The zero-order chi connectivity index (χ0) is 18.7. The molecule has 0 bridgehead atoms. The number of aromatic nitrogens is 1. The molecule has 134 valence electrons. The van der Waals surface area contributed by atoms with Crippen molar-refractivity contribution in [1.82, 2.24) is 4.98 Å². The molecule has 1 atom stereocenters. The molecule has 0 spiro atoms. The maximum absolute atomic E-state index is 11.5. The van der Waals surface area contributed by atoms with E-state index in [1.807, 2.05) is 48.5 Å². The Labute approximate surface area is 156 Å². The van der Waals surface area contributed by atoms with Crippen molar-refractivity contribution in [3.05, 3.63) is 48.5 Å². The number of fused-ring (bicyclic) bond motifs is 1. The van der Waals surface area contributed by atoms with E-state index in [1.54, 1.807) is 21.1 Å². The van der Waals surface area contributed by atoms with E-state index in [-0.39, 0.29) is 11.2 Å². The number of primary amides is 1. The van der Waals surface area contributed by atoms with Crippen LogP contribution in [-0.4, -0.2) is 30.4 Å². The summed E-state index contributed by atoms with van der Waals surface area (Å²) in [6.45, 7) is 1.77. The molecule has 0 saturated carbocycles. The minimum Gasteiger partial charge on any atom is -0.497 e. The van der Waals surface area contributed by atoms with Crippen molar-refractivity contribution < 1.29 is 14.3 Å². The van der Waals surface area contributed by atoms with E-state index < -0.39 is 0 Å². The van der Waals surface area contributed by atoms with Crippen molar-refractivity contribution in [3.8, 4) is 22.6 Å². The van der Waals surface area contributed by atoms with Gasteiger partial charge >= 0.3 is 0 Å². The van der Waals surface area contributed by atoms with Crippen LogP contribution in [0.5, 0.6) is 11.5 Å². The number of amides is 1. The first-order valence-corrected chi connectivity index (χ1v) is 8.99. The van der Waals surface area contributed by atoms with Gasteiger partial charge in [-0.05, 0) is 24.1 Å². The standard InChI is InChI=1S/C20H20N2O3S/c1-12(20(21)23)26-18-11-15(13-7-5-4-6-8-13)19-16(22-18)9-14(24-2)10-17(19)25-3/h4-12H,1-3H3,(H2,21,23)/t12-/m0/s1. The molecular weight excluding hydrogens is 348 g/mol. The number of ether oxygens (including phenoxy) is 2. The zero-order valence-corrected chi connectivity index (χ0v) is 15.7. The minimum absolute atomic E-state index is 0.374. The fourth-order valence-electron chi connectivity index (χ4n) is 2.71. The molecule has 26 heavy (non-hydrogen) atoms. The summed E-state index contributed by atoms with van der Waals surface area (Å²) in [7, 11) is 3.23. The lowest BCUT2D eigenvalue weighted by atomic mass is 10.0. The van der Waals surface area contributed by atoms with Crippen LogP contribution < -0.4 is 15.2 Å². The second-order valence-corrected chi connectivity index (χ2v) is 7.12. The summed E-state index contributed by atoms with van der Waals surface area (Å²) in [5.41, 5.74) is 8.17. The van der Waals surface area contributed by atoms with Gasteiger partial charge in [0.1, 0.15) is 11.5 Å². The number of thioether (sulfide) groups is 1. The van der Waals surface area contributed by atoms with Gasteiger partial charge in [-0.2, -0.15) is 0 Å². The second-order valence-electron chi connectivity index (χ2n) is 5.76. The molecule has 0 aliphatic heterocycles. The topological polar surface area (TPSA) is 74.4 Å². The molecule has 5 nitrogen and oxygen atoms in total. The first-order chi connectivity index (χ1) is 12.5. The molecule has 0 fully saturated rings. The molecule has 1 amide bonds. The quantitative estimate of drug-likeness (QED) is 0.668. The number of benzene rings is 2. The summed E-state index contributed by atoms with van der Waals surface area (Å²) < 4.78 is 11.0. The van der Waals surface area contributed by atoms with Crippen molar-refractivity contribution in [3.63, 3.8) is 0 Å². The van der Waals surface area contributed by atoms with E-state index >= 15 is 0 Å². The SMILES string of the molecule is COc1cc(OC)c2c(-c3ccccc3)cc(S[C@@H](C)C(N)=O)nc2c1. The molecule has 3 aromatic rings. The van der Waals surface area contributed by atoms with Crippen LogP contribution in [-0.2, 0) is 4.79 Å². The number of pyridine rings is 1. The molecule has 0 saturated heterocycles. The Morgan fingerprint density at radius 3 is 2.46 bits per heavy atom. The highest BCUT2D eigenvalue weighted by molar-refractivity contribution is 8.00. The van der Waals surface area contributed by atoms with Gasteiger partial charge in [0, 0.05) is 12.1 Å². The highest BCUT2D eigenvalue weighted by atomic mass is 32.2. The molecular formula is C20H20N2O3S. The Balaban J connectivity index is 2.28. The minimum atomic E-state index is -0.379. The Morgan fingerprint density at radius 2 is 1.85 bits per heavy atom. The van der Waals surface area contributed by atoms with Crippen LogP contribution >= 0.6 is 11.8 Å². The Morgan fingerprint density at radius 1 is 1.12 bits per heavy atom. The zero-order valence-electron chi connectivity index (χ0n) is 14.9. The lowest BCUT2D eigenvalue weighted by molar-refractivity contribution is -0.117. The van der Waals surface area contributed by atoms with Crippen LogP contribution in [0.15, 0.2) is 53.6 Å². The summed E-state index contributed by atoms with van der Waals surface area (Å²) in [6, 6.07) is 15.7. The molecule has 2 N–H and O–H groups in total. The molecule has 2 aromatic carbocycles. The van der Waals surface area contributed by atoms with E-state index in [2.05, 4.69) is 0 Å². The first-order valence-electron chi connectivity index (χ1n) is 8.11. The predicted octanol–water partition coefficient (Wildman–Crippen LogP) is 3.88. The number of methoxy groups -OCH3 is 2. The largest absolute Gasteiger partial charge is 0.497 e. The maximum atomic E-state index is 11.5. The Kier molecular flexibility index (Phi) is 5.32. The van der Waals surface area contributed by atoms with Crippen LogP contribution in [0.2, 0.25) is 0 Å². The summed E-state index contributed by atoms with van der Waals surface area (Å²) >= 11 is 1.33. The van der Waals surface area contributed by atoms with Crippen molar-refractivity contribution in [2.75, 3.05) is 14.2 Å². The summed E-state index contributed by atoms with van der Waals surface area (Å²) in [6.07, 6.45) is 0. The van der Waals surface area contributed by atoms with E-state index in [0.717, 1.165) is 27.1 Å². The summed E-state index contributed by atoms with van der Waals surface area (Å²) in [4.78, 5) is 16.2. The van der Waals surface area contributed by atoms with Crippen LogP contribution in [0, 0.1) is 0 Å². The lowest BCUT2D eigenvalue weighted by Gasteiger charge is -2.15. The smallest absolute Gasteiger partial charge is 0.230 e. The highest BCUT2D eigenvalue weighted by Gasteiger charge is 2.17. The monoisotopic (exact) mass is 368 g/mol. The fraction of sp³-hybridized carbons (Fsp3) is 0.200. The number of hydrogen-bond donors (Lipinski definition) is 1. The molecule has 1 aromatic heterocycles. The Bertz CT molecular complexity index is 945. The normalized spacial score (nSPS) is 12.0. The van der Waals surface area contributed by atoms with Gasteiger partial charge < -0.3 is 15.2 Å². The van der Waals surface area contributed by atoms with E-state index in [4.69, 9.17) is 20.2 Å². The predicted molar refractivity (Wildman–Crippen MR) is 105 cm³/mol. The van der Waals surface area contributed by atoms with Crippen molar-refractivity contribution in [2.45, 2.75) is 17.2 Å². The number of hydrogen-bond acceptors (Lipinski definition) is 5. The summed E-state index contributed by atoms with van der Waals surface area (Å²) in [5.74, 6) is 0.970. The third-order valence-corrected chi connectivity index (χ3v) is 5.10. The number of nitrogens with two attached hydrogens (primary N) is 1. The molecule has 6 heteroatoms.